The van der Waals surface area contributed by atoms with Gasteiger partial charge in [-0.25, -0.2) is 9.97 Å². The largest absolute Gasteiger partial charge is 0.261 e. The third-order valence-electron chi connectivity index (χ3n) is 12.9. The average Bonchev–Trinajstić information content (AvgIpc) is 3.66. The standard InChI is InChI=1S/C61H45N3/c1-40-35-56(42(3)62-39-40)45-33-31-44(32-34-45)50-23-7-8-25-52(50)46-19-15-21-48(37-46)61(57-29-13-11-26-53(57)54-27-12-14-30-58(54)61)49-22-16-20-47(38-49)60-63-41(2)36-59(64-60)55-28-10-9-24-51(55)43-17-5-4-6-18-43/h4-39H,1-3H3. The summed E-state index contributed by atoms with van der Waals surface area (Å²) < 4.78 is 0. The fourth-order valence-electron chi connectivity index (χ4n) is 9.99. The minimum Gasteiger partial charge on any atom is -0.261 e. The molecule has 3 nitrogen and oxygen atoms in total. The van der Waals surface area contributed by atoms with Gasteiger partial charge in [-0.15, -0.1) is 0 Å². The molecule has 2 heterocycles. The van der Waals surface area contributed by atoms with Crippen molar-refractivity contribution in [2.75, 3.05) is 0 Å². The van der Waals surface area contributed by atoms with Gasteiger partial charge in [0.15, 0.2) is 5.82 Å². The quantitative estimate of drug-likeness (QED) is 0.153. The molecule has 10 aromatic rings. The summed E-state index contributed by atoms with van der Waals surface area (Å²) in [5.41, 5.74) is 22.2. The predicted molar refractivity (Wildman–Crippen MR) is 264 cm³/mol. The Labute approximate surface area is 375 Å². The van der Waals surface area contributed by atoms with Gasteiger partial charge in [-0.1, -0.05) is 188 Å². The van der Waals surface area contributed by atoms with Crippen molar-refractivity contribution < 1.29 is 0 Å². The van der Waals surface area contributed by atoms with E-state index in [1.165, 1.54) is 61.2 Å². The van der Waals surface area contributed by atoms with Crippen LogP contribution in [-0.4, -0.2) is 15.0 Å². The third kappa shape index (κ3) is 6.65. The number of aryl methyl sites for hydroxylation is 3. The molecule has 1 aliphatic carbocycles. The zero-order valence-electron chi connectivity index (χ0n) is 36.1. The van der Waals surface area contributed by atoms with Crippen LogP contribution in [0.25, 0.3) is 78.3 Å². The first-order valence-corrected chi connectivity index (χ1v) is 22.0. The van der Waals surface area contributed by atoms with E-state index in [0.29, 0.717) is 5.82 Å². The van der Waals surface area contributed by atoms with Crippen molar-refractivity contribution in [2.24, 2.45) is 0 Å². The van der Waals surface area contributed by atoms with E-state index >= 15 is 0 Å². The van der Waals surface area contributed by atoms with Crippen molar-refractivity contribution in [3.05, 3.63) is 258 Å². The molecule has 0 spiro atoms. The van der Waals surface area contributed by atoms with Crippen molar-refractivity contribution in [3.8, 4) is 78.3 Å². The summed E-state index contributed by atoms with van der Waals surface area (Å²) in [5, 5.41) is 0. The summed E-state index contributed by atoms with van der Waals surface area (Å²) in [7, 11) is 0. The fourth-order valence-corrected chi connectivity index (χ4v) is 9.99. The lowest BCUT2D eigenvalue weighted by molar-refractivity contribution is 0.769. The Morgan fingerprint density at radius 1 is 0.344 bits per heavy atom. The Kier molecular flexibility index (Phi) is 9.74. The molecule has 0 amide bonds. The molecular weight excluding hydrogens is 775 g/mol. The molecule has 0 atom stereocenters. The second kappa shape index (κ2) is 16.0. The summed E-state index contributed by atoms with van der Waals surface area (Å²) in [4.78, 5) is 15.0. The second-order valence-electron chi connectivity index (χ2n) is 16.9. The topological polar surface area (TPSA) is 38.7 Å². The van der Waals surface area contributed by atoms with Gasteiger partial charge in [0, 0.05) is 34.3 Å². The number of hydrogen-bond acceptors (Lipinski definition) is 3. The highest BCUT2D eigenvalue weighted by Gasteiger charge is 2.46. The van der Waals surface area contributed by atoms with Gasteiger partial charge in [0.25, 0.3) is 0 Å². The Hall–Kier alpha value is -8.01. The molecule has 64 heavy (non-hydrogen) atoms. The monoisotopic (exact) mass is 819 g/mol. The Morgan fingerprint density at radius 3 is 1.45 bits per heavy atom. The van der Waals surface area contributed by atoms with Gasteiger partial charge in [0.2, 0.25) is 0 Å². The van der Waals surface area contributed by atoms with Crippen LogP contribution < -0.4 is 0 Å². The summed E-state index contributed by atoms with van der Waals surface area (Å²) >= 11 is 0. The van der Waals surface area contributed by atoms with Crippen molar-refractivity contribution in [1.82, 2.24) is 15.0 Å². The minimum absolute atomic E-state index is 0.623. The van der Waals surface area contributed by atoms with Crippen LogP contribution in [0.1, 0.15) is 39.2 Å². The molecule has 11 rings (SSSR count). The van der Waals surface area contributed by atoms with Crippen LogP contribution in [0, 0.1) is 20.8 Å². The highest BCUT2D eigenvalue weighted by Crippen LogP contribution is 2.56. The van der Waals surface area contributed by atoms with E-state index in [1.807, 2.05) is 6.20 Å². The van der Waals surface area contributed by atoms with Gasteiger partial charge in [-0.05, 0) is 123 Å². The Morgan fingerprint density at radius 2 is 0.812 bits per heavy atom. The number of aromatic nitrogens is 3. The van der Waals surface area contributed by atoms with Crippen molar-refractivity contribution >= 4 is 0 Å². The smallest absolute Gasteiger partial charge is 0.160 e. The minimum atomic E-state index is -0.623. The number of hydrogen-bond donors (Lipinski definition) is 0. The molecule has 0 unspecified atom stereocenters. The van der Waals surface area contributed by atoms with E-state index in [9.17, 15) is 0 Å². The van der Waals surface area contributed by atoms with E-state index in [4.69, 9.17) is 9.97 Å². The van der Waals surface area contributed by atoms with E-state index in [1.54, 1.807) is 0 Å². The molecule has 0 N–H and O–H groups in total. The zero-order chi connectivity index (χ0) is 43.2. The molecule has 1 aliphatic rings. The van der Waals surface area contributed by atoms with Crippen LogP contribution in [0.4, 0.5) is 0 Å². The molecule has 0 fully saturated rings. The van der Waals surface area contributed by atoms with Crippen LogP contribution in [0.15, 0.2) is 219 Å². The maximum Gasteiger partial charge on any atom is 0.160 e. The predicted octanol–water partition coefficient (Wildman–Crippen LogP) is 15.2. The SMILES string of the molecule is Cc1cnc(C)c(-c2ccc(-c3ccccc3-c3cccc(C4(c5cccc(-c6nc(C)cc(-c7ccccc7-c7ccccc7)n6)c5)c5ccccc5-c5ccccc54)c3)cc2)c1. The van der Waals surface area contributed by atoms with Gasteiger partial charge in [0.1, 0.15) is 0 Å². The molecule has 0 aliphatic heterocycles. The highest BCUT2D eigenvalue weighted by atomic mass is 14.9. The molecule has 0 radical (unpaired) electrons. The van der Waals surface area contributed by atoms with Gasteiger partial charge in [0.05, 0.1) is 11.1 Å². The van der Waals surface area contributed by atoms with Gasteiger partial charge in [-0.3, -0.25) is 4.98 Å². The molecule has 3 heteroatoms. The summed E-state index contributed by atoms with van der Waals surface area (Å²) in [6.45, 7) is 6.24. The lowest BCUT2D eigenvalue weighted by Gasteiger charge is -2.34. The van der Waals surface area contributed by atoms with Crippen LogP contribution >= 0.6 is 0 Å². The first kappa shape index (κ1) is 38.9. The van der Waals surface area contributed by atoms with E-state index in [-0.39, 0.29) is 0 Å². The van der Waals surface area contributed by atoms with Crippen molar-refractivity contribution in [2.45, 2.75) is 26.2 Å². The molecule has 304 valence electrons. The van der Waals surface area contributed by atoms with E-state index in [2.05, 4.69) is 238 Å². The highest BCUT2D eigenvalue weighted by molar-refractivity contribution is 5.89. The summed E-state index contributed by atoms with van der Waals surface area (Å²) in [6.07, 6.45) is 1.93. The van der Waals surface area contributed by atoms with Crippen LogP contribution in [-0.2, 0) is 5.41 Å². The number of fused-ring (bicyclic) bond motifs is 3. The maximum absolute atomic E-state index is 5.32. The lowest BCUT2D eigenvalue weighted by atomic mass is 9.67. The number of nitrogens with zero attached hydrogens (tertiary/aromatic N) is 3. The fraction of sp³-hybridized carbons (Fsp3) is 0.0656. The molecule has 0 saturated heterocycles. The number of pyridine rings is 1. The van der Waals surface area contributed by atoms with Gasteiger partial charge >= 0.3 is 0 Å². The molecular formula is C61H45N3. The molecule has 0 bridgehead atoms. The second-order valence-corrected chi connectivity index (χ2v) is 16.9. The van der Waals surface area contributed by atoms with Crippen LogP contribution in [0.3, 0.4) is 0 Å². The maximum atomic E-state index is 5.32. The van der Waals surface area contributed by atoms with Gasteiger partial charge in [-0.2, -0.15) is 0 Å². The first-order valence-electron chi connectivity index (χ1n) is 22.0. The lowest BCUT2D eigenvalue weighted by Crippen LogP contribution is -2.28. The zero-order valence-corrected chi connectivity index (χ0v) is 36.1. The first-order chi connectivity index (χ1) is 31.5. The molecule has 8 aromatic carbocycles. The third-order valence-corrected chi connectivity index (χ3v) is 12.9. The molecule has 0 saturated carbocycles. The summed E-state index contributed by atoms with van der Waals surface area (Å²) in [5.74, 6) is 0.706. The average molecular weight is 820 g/mol. The number of benzene rings is 8. The van der Waals surface area contributed by atoms with Crippen LogP contribution in [0.2, 0.25) is 0 Å². The van der Waals surface area contributed by atoms with Crippen LogP contribution in [0.5, 0.6) is 0 Å². The van der Waals surface area contributed by atoms with E-state index < -0.39 is 5.41 Å². The Balaban J connectivity index is 1.06. The number of rotatable bonds is 8. The summed E-state index contributed by atoms with van der Waals surface area (Å²) in [6, 6.07) is 77.1. The Bertz CT molecular complexity index is 3320. The van der Waals surface area contributed by atoms with Crippen molar-refractivity contribution in [3.63, 3.8) is 0 Å². The molecule has 2 aromatic heterocycles. The van der Waals surface area contributed by atoms with Gasteiger partial charge < -0.3 is 0 Å². The normalized spacial score (nSPS) is 12.4. The van der Waals surface area contributed by atoms with E-state index in [0.717, 1.165) is 50.5 Å². The van der Waals surface area contributed by atoms with Crippen molar-refractivity contribution in [1.29, 1.82) is 0 Å².